The number of aromatic nitrogens is 1. The molecule has 1 aliphatic rings. The fraction of sp³-hybridized carbons (Fsp3) is 0.240. The molecule has 0 bridgehead atoms. The number of carbonyl (C=O) groups excluding carboxylic acids is 1. The Balaban J connectivity index is 1.96. The van der Waals surface area contributed by atoms with Gasteiger partial charge in [-0.05, 0) is 107 Å². The average molecular weight is 734 g/mol. The molecule has 0 unspecified atom stereocenters. The Hall–Kier alpha value is -1.70. The van der Waals surface area contributed by atoms with Gasteiger partial charge in [-0.15, -0.1) is 0 Å². The zero-order chi connectivity index (χ0) is 25.4. The molecule has 10 heteroatoms. The summed E-state index contributed by atoms with van der Waals surface area (Å²) in [5.41, 5.74) is 2.47. The van der Waals surface area contributed by atoms with E-state index in [2.05, 4.69) is 50.2 Å². The largest absolute Gasteiger partial charge is 0.506 e. The number of phenols is 1. The van der Waals surface area contributed by atoms with Crippen molar-refractivity contribution >= 4 is 80.1 Å². The Morgan fingerprint density at radius 1 is 1.20 bits per heavy atom. The van der Waals surface area contributed by atoms with E-state index in [-0.39, 0.29) is 17.2 Å². The van der Waals surface area contributed by atoms with Crippen LogP contribution in [0.25, 0.3) is 6.08 Å². The van der Waals surface area contributed by atoms with E-state index < -0.39 is 6.04 Å². The summed E-state index contributed by atoms with van der Waals surface area (Å²) in [6.07, 6.45) is 1.80. The molecule has 2 aromatic carbocycles. The highest BCUT2D eigenvalue weighted by atomic mass is 127. The fourth-order valence-electron chi connectivity index (χ4n) is 4.06. The molecule has 1 aliphatic heterocycles. The Morgan fingerprint density at radius 2 is 1.80 bits per heavy atom. The third kappa shape index (κ3) is 5.09. The van der Waals surface area contributed by atoms with E-state index in [4.69, 9.17) is 11.6 Å². The molecule has 0 spiro atoms. The molecule has 0 aliphatic carbocycles. The quantitative estimate of drug-likeness (QED) is 0.388. The molecule has 0 saturated carbocycles. The van der Waals surface area contributed by atoms with Gasteiger partial charge in [0.05, 0.1) is 29.0 Å². The summed E-state index contributed by atoms with van der Waals surface area (Å²) in [5.74, 6) is 0.0934. The number of hydrogen-bond acceptors (Lipinski definition) is 5. The molecular weight excluding hydrogens is 712 g/mol. The maximum atomic E-state index is 13.7. The van der Waals surface area contributed by atoms with Crippen molar-refractivity contribution in [2.75, 3.05) is 13.1 Å². The highest BCUT2D eigenvalue weighted by molar-refractivity contribution is 14.1. The molecule has 0 fully saturated rings. The van der Waals surface area contributed by atoms with Gasteiger partial charge < -0.3 is 10.0 Å². The van der Waals surface area contributed by atoms with Crippen LogP contribution in [0.3, 0.4) is 0 Å². The van der Waals surface area contributed by atoms with Crippen molar-refractivity contribution < 1.29 is 9.90 Å². The van der Waals surface area contributed by atoms with Gasteiger partial charge in [0.1, 0.15) is 5.75 Å². The number of thiazole rings is 1. The maximum Gasteiger partial charge on any atom is 0.271 e. The standard InChI is InChI=1S/C25H22ClI2N3O3S/c1-4-30(5-2)24(34)20-13(3)29-25-31(21(20)15-6-8-16(26)9-7-15)23(33)19(35-25)12-14-10-17(27)22(32)18(28)11-14/h6-12,21,32H,4-5H2,1-3H3/b19-12+/t21-/m0/s1. The molecule has 0 radical (unpaired) electrons. The lowest BCUT2D eigenvalue weighted by Gasteiger charge is -2.29. The number of nitrogens with zero attached hydrogens (tertiary/aromatic N) is 3. The third-order valence-electron chi connectivity index (χ3n) is 5.83. The first-order valence-electron chi connectivity index (χ1n) is 10.9. The van der Waals surface area contributed by atoms with Crippen LogP contribution in [0.2, 0.25) is 5.02 Å². The highest BCUT2D eigenvalue weighted by Gasteiger charge is 2.34. The predicted molar refractivity (Wildman–Crippen MR) is 157 cm³/mol. The summed E-state index contributed by atoms with van der Waals surface area (Å²) in [6, 6.07) is 10.3. The maximum absolute atomic E-state index is 13.7. The van der Waals surface area contributed by atoms with Crippen molar-refractivity contribution in [1.29, 1.82) is 0 Å². The van der Waals surface area contributed by atoms with Crippen LogP contribution in [0.5, 0.6) is 5.75 Å². The normalized spacial score (nSPS) is 15.7. The van der Waals surface area contributed by atoms with E-state index in [0.717, 1.165) is 11.1 Å². The molecule has 182 valence electrons. The minimum absolute atomic E-state index is 0.131. The van der Waals surface area contributed by atoms with Gasteiger partial charge in [0.15, 0.2) is 4.80 Å². The molecule has 35 heavy (non-hydrogen) atoms. The van der Waals surface area contributed by atoms with Crippen LogP contribution in [0.4, 0.5) is 0 Å². The van der Waals surface area contributed by atoms with Crippen LogP contribution in [0.15, 0.2) is 57.5 Å². The topological polar surface area (TPSA) is 74.9 Å². The Kier molecular flexibility index (Phi) is 8.08. The van der Waals surface area contributed by atoms with Crippen LogP contribution < -0.4 is 14.9 Å². The van der Waals surface area contributed by atoms with Crippen molar-refractivity contribution in [2.45, 2.75) is 26.8 Å². The molecule has 1 atom stereocenters. The molecule has 2 heterocycles. The number of likely N-dealkylation sites (N-methyl/N-ethyl adjacent to an activating group) is 1. The Labute approximate surface area is 238 Å². The summed E-state index contributed by atoms with van der Waals surface area (Å²) < 4.78 is 3.52. The van der Waals surface area contributed by atoms with Crippen LogP contribution >= 0.6 is 68.1 Å². The van der Waals surface area contributed by atoms with Crippen molar-refractivity contribution in [1.82, 2.24) is 9.47 Å². The third-order valence-corrected chi connectivity index (χ3v) is 8.71. The van der Waals surface area contributed by atoms with Crippen molar-refractivity contribution in [3.05, 3.63) is 90.6 Å². The summed E-state index contributed by atoms with van der Waals surface area (Å²) in [7, 11) is 0. The van der Waals surface area contributed by atoms with Crippen LogP contribution in [0, 0.1) is 7.14 Å². The van der Waals surface area contributed by atoms with E-state index in [0.29, 0.717) is 45.9 Å². The van der Waals surface area contributed by atoms with Crippen molar-refractivity contribution in [2.24, 2.45) is 4.99 Å². The van der Waals surface area contributed by atoms with E-state index >= 15 is 0 Å². The van der Waals surface area contributed by atoms with Crippen molar-refractivity contribution in [3.63, 3.8) is 0 Å². The number of amides is 1. The second-order valence-electron chi connectivity index (χ2n) is 7.94. The first-order chi connectivity index (χ1) is 16.7. The first-order valence-corrected chi connectivity index (χ1v) is 14.3. The van der Waals surface area contributed by atoms with Crippen molar-refractivity contribution in [3.8, 4) is 5.75 Å². The van der Waals surface area contributed by atoms with Gasteiger partial charge in [0, 0.05) is 18.1 Å². The van der Waals surface area contributed by atoms with Gasteiger partial charge in [-0.3, -0.25) is 14.2 Å². The SMILES string of the molecule is CCN(CC)C(=O)C1=C(C)N=c2s/c(=C/c3cc(I)c(O)c(I)c3)c(=O)n2[C@H]1c1ccc(Cl)cc1. The lowest BCUT2D eigenvalue weighted by atomic mass is 9.94. The van der Waals surface area contributed by atoms with E-state index in [9.17, 15) is 14.7 Å². The van der Waals surface area contributed by atoms with Gasteiger partial charge in [0.2, 0.25) is 0 Å². The Bertz CT molecular complexity index is 1500. The van der Waals surface area contributed by atoms with Gasteiger partial charge in [-0.2, -0.15) is 0 Å². The lowest BCUT2D eigenvalue weighted by molar-refractivity contribution is -0.127. The summed E-state index contributed by atoms with van der Waals surface area (Å²) in [5, 5.41) is 10.7. The second kappa shape index (κ2) is 10.7. The van der Waals surface area contributed by atoms with E-state index in [1.54, 1.807) is 27.7 Å². The van der Waals surface area contributed by atoms with Gasteiger partial charge in [-0.1, -0.05) is 35.1 Å². The Morgan fingerprint density at radius 3 is 2.37 bits per heavy atom. The number of benzene rings is 2. The van der Waals surface area contributed by atoms with E-state index in [1.807, 2.05) is 45.0 Å². The number of rotatable bonds is 5. The molecule has 6 nitrogen and oxygen atoms in total. The molecule has 1 amide bonds. The molecule has 0 saturated heterocycles. The molecule has 1 N–H and O–H groups in total. The van der Waals surface area contributed by atoms with Crippen LogP contribution in [0.1, 0.15) is 37.9 Å². The zero-order valence-corrected chi connectivity index (χ0v) is 25.1. The number of hydrogen-bond donors (Lipinski definition) is 1. The number of halogens is 3. The van der Waals surface area contributed by atoms with Crippen LogP contribution in [-0.4, -0.2) is 33.6 Å². The smallest absolute Gasteiger partial charge is 0.271 e. The predicted octanol–water partition coefficient (Wildman–Crippen LogP) is 4.67. The monoisotopic (exact) mass is 733 g/mol. The molecular formula is C25H22ClI2N3O3S. The molecule has 3 aromatic rings. The van der Waals surface area contributed by atoms with Gasteiger partial charge in [0.25, 0.3) is 11.5 Å². The number of aromatic hydroxyl groups is 1. The number of fused-ring (bicyclic) bond motifs is 1. The van der Waals surface area contributed by atoms with E-state index in [1.165, 1.54) is 11.3 Å². The number of carbonyl (C=O) groups is 1. The van der Waals surface area contributed by atoms with Crippen LogP contribution in [-0.2, 0) is 4.79 Å². The molecule has 4 rings (SSSR count). The van der Waals surface area contributed by atoms with Gasteiger partial charge >= 0.3 is 0 Å². The summed E-state index contributed by atoms with van der Waals surface area (Å²) in [4.78, 5) is 34.3. The number of phenolic OH excluding ortho intramolecular Hbond substituents is 1. The number of allylic oxidation sites excluding steroid dienone is 1. The summed E-state index contributed by atoms with van der Waals surface area (Å²) >= 11 is 11.6. The second-order valence-corrected chi connectivity index (χ2v) is 11.7. The highest BCUT2D eigenvalue weighted by Crippen LogP contribution is 2.32. The minimum Gasteiger partial charge on any atom is -0.506 e. The minimum atomic E-state index is -0.612. The first kappa shape index (κ1) is 26.4. The fourth-order valence-corrected chi connectivity index (χ4v) is 7.05. The average Bonchev–Trinajstić information content (AvgIpc) is 3.12. The lowest BCUT2D eigenvalue weighted by Crippen LogP contribution is -2.43. The zero-order valence-electron chi connectivity index (χ0n) is 19.2. The van der Waals surface area contributed by atoms with Gasteiger partial charge in [-0.25, -0.2) is 4.99 Å². The molecule has 1 aromatic heterocycles. The summed E-state index contributed by atoms with van der Waals surface area (Å²) in [6.45, 7) is 6.81.